The smallest absolute Gasteiger partial charge is 0.254 e. The van der Waals surface area contributed by atoms with Crippen molar-refractivity contribution >= 4 is 17.3 Å². The van der Waals surface area contributed by atoms with Crippen molar-refractivity contribution in [3.63, 3.8) is 0 Å². The zero-order valence-electron chi connectivity index (χ0n) is 14.0. The van der Waals surface area contributed by atoms with Gasteiger partial charge in [-0.05, 0) is 19.1 Å². The Labute approximate surface area is 148 Å². The molecule has 0 unspecified atom stereocenters. The van der Waals surface area contributed by atoms with E-state index in [1.54, 1.807) is 15.5 Å². The maximum atomic E-state index is 14.2. The summed E-state index contributed by atoms with van der Waals surface area (Å²) < 4.78 is 30.1. The van der Waals surface area contributed by atoms with Gasteiger partial charge >= 0.3 is 0 Å². The number of anilines is 2. The van der Waals surface area contributed by atoms with Crippen LogP contribution >= 0.6 is 0 Å². The molecule has 0 N–H and O–H groups in total. The molecule has 2 aromatic heterocycles. The number of nitrogens with zero attached hydrogens (tertiary/aromatic N) is 7. The van der Waals surface area contributed by atoms with E-state index >= 15 is 0 Å². The molecule has 9 heteroatoms. The molecule has 4 rings (SSSR count). The lowest BCUT2D eigenvalue weighted by atomic mass is 10.1. The van der Waals surface area contributed by atoms with Crippen molar-refractivity contribution in [1.82, 2.24) is 19.6 Å². The number of nitriles is 1. The van der Waals surface area contributed by atoms with E-state index < -0.39 is 11.6 Å². The molecule has 1 saturated heterocycles. The van der Waals surface area contributed by atoms with Crippen molar-refractivity contribution in [3.8, 4) is 6.07 Å². The van der Waals surface area contributed by atoms with Gasteiger partial charge in [0.1, 0.15) is 17.8 Å². The summed E-state index contributed by atoms with van der Waals surface area (Å²) in [6.07, 6.45) is 1.45. The lowest BCUT2D eigenvalue weighted by Crippen LogP contribution is -2.47. The van der Waals surface area contributed by atoms with Gasteiger partial charge in [0.2, 0.25) is 0 Å². The second kappa shape index (κ2) is 6.22. The second-order valence-electron chi connectivity index (χ2n) is 6.10. The van der Waals surface area contributed by atoms with Gasteiger partial charge in [-0.3, -0.25) is 0 Å². The molecule has 0 amide bonds. The van der Waals surface area contributed by atoms with Crippen LogP contribution in [-0.2, 0) is 0 Å². The van der Waals surface area contributed by atoms with E-state index in [1.807, 2.05) is 13.0 Å². The molecule has 0 aliphatic carbocycles. The number of aromatic nitrogens is 4. The Hall–Kier alpha value is -3.28. The average Bonchev–Trinajstić information content (AvgIpc) is 3.09. The third-order valence-corrected chi connectivity index (χ3v) is 4.43. The third kappa shape index (κ3) is 2.69. The number of halogens is 2. The van der Waals surface area contributed by atoms with Gasteiger partial charge < -0.3 is 9.80 Å². The first-order valence-corrected chi connectivity index (χ1v) is 8.13. The van der Waals surface area contributed by atoms with E-state index in [-0.39, 0.29) is 11.3 Å². The molecular weight excluding hydrogens is 340 g/mol. The number of hydrogen-bond acceptors (Lipinski definition) is 6. The van der Waals surface area contributed by atoms with Crippen molar-refractivity contribution in [2.75, 3.05) is 36.0 Å². The van der Waals surface area contributed by atoms with Crippen molar-refractivity contribution in [2.45, 2.75) is 6.92 Å². The third-order valence-electron chi connectivity index (χ3n) is 4.43. The first-order valence-electron chi connectivity index (χ1n) is 8.13. The number of piperazine rings is 1. The van der Waals surface area contributed by atoms with Crippen LogP contribution in [0.3, 0.4) is 0 Å². The summed E-state index contributed by atoms with van der Waals surface area (Å²) in [7, 11) is 0. The average molecular weight is 355 g/mol. The van der Waals surface area contributed by atoms with Crippen molar-refractivity contribution < 1.29 is 8.78 Å². The Morgan fingerprint density at radius 2 is 1.69 bits per heavy atom. The van der Waals surface area contributed by atoms with Gasteiger partial charge in [-0.25, -0.2) is 13.8 Å². The molecule has 0 bridgehead atoms. The van der Waals surface area contributed by atoms with Gasteiger partial charge in [-0.15, -0.1) is 0 Å². The summed E-state index contributed by atoms with van der Waals surface area (Å²) >= 11 is 0. The van der Waals surface area contributed by atoms with E-state index in [0.717, 1.165) is 23.6 Å². The lowest BCUT2D eigenvalue weighted by Gasteiger charge is -2.37. The Kier molecular flexibility index (Phi) is 3.88. The van der Waals surface area contributed by atoms with Crippen LogP contribution in [0.2, 0.25) is 0 Å². The van der Waals surface area contributed by atoms with Crippen molar-refractivity contribution in [1.29, 1.82) is 5.26 Å². The maximum absolute atomic E-state index is 14.2. The van der Waals surface area contributed by atoms with Crippen LogP contribution in [0, 0.1) is 29.9 Å². The molecule has 1 aromatic carbocycles. The fraction of sp³-hybridized carbons (Fsp3) is 0.294. The highest BCUT2D eigenvalue weighted by Gasteiger charge is 2.24. The Morgan fingerprint density at radius 3 is 2.35 bits per heavy atom. The highest BCUT2D eigenvalue weighted by atomic mass is 19.1. The minimum Gasteiger partial charge on any atom is -0.363 e. The predicted octanol–water partition coefficient (Wildman–Crippen LogP) is 1.91. The minimum absolute atomic E-state index is 0.0248. The van der Waals surface area contributed by atoms with Crippen LogP contribution in [0.4, 0.5) is 20.3 Å². The molecule has 7 nitrogen and oxygen atoms in total. The molecule has 26 heavy (non-hydrogen) atoms. The molecule has 0 radical (unpaired) electrons. The number of fused-ring (bicyclic) bond motifs is 1. The van der Waals surface area contributed by atoms with E-state index in [0.29, 0.717) is 32.0 Å². The topological polar surface area (TPSA) is 73.3 Å². The van der Waals surface area contributed by atoms with Crippen LogP contribution in [0.1, 0.15) is 11.3 Å². The molecule has 1 aliphatic heterocycles. The van der Waals surface area contributed by atoms with Gasteiger partial charge in [0.05, 0.1) is 11.6 Å². The maximum Gasteiger partial charge on any atom is 0.254 e. The Balaban J connectivity index is 1.58. The van der Waals surface area contributed by atoms with Crippen LogP contribution in [0.5, 0.6) is 0 Å². The zero-order valence-corrected chi connectivity index (χ0v) is 14.0. The fourth-order valence-corrected chi connectivity index (χ4v) is 3.23. The van der Waals surface area contributed by atoms with Gasteiger partial charge in [-0.1, -0.05) is 0 Å². The number of benzene rings is 1. The van der Waals surface area contributed by atoms with Gasteiger partial charge in [0, 0.05) is 37.9 Å². The first-order chi connectivity index (χ1) is 12.6. The largest absolute Gasteiger partial charge is 0.363 e. The van der Waals surface area contributed by atoms with Gasteiger partial charge in [-0.2, -0.15) is 19.9 Å². The summed E-state index contributed by atoms with van der Waals surface area (Å²) in [5.41, 5.74) is 0.718. The molecule has 0 saturated carbocycles. The predicted molar refractivity (Wildman–Crippen MR) is 91.0 cm³/mol. The SMILES string of the molecule is Cc1cc(N2CCN(c3c(F)cc(C#N)cc3F)CC2)n2ncnc2n1. The first kappa shape index (κ1) is 16.2. The van der Waals surface area contributed by atoms with Gasteiger partial charge in [0.15, 0.2) is 11.6 Å². The summed E-state index contributed by atoms with van der Waals surface area (Å²) in [4.78, 5) is 12.2. The summed E-state index contributed by atoms with van der Waals surface area (Å²) in [6, 6.07) is 5.81. The van der Waals surface area contributed by atoms with Gasteiger partial charge in [0.25, 0.3) is 5.78 Å². The van der Waals surface area contributed by atoms with Crippen LogP contribution in [0.25, 0.3) is 5.78 Å². The van der Waals surface area contributed by atoms with E-state index in [4.69, 9.17) is 5.26 Å². The zero-order chi connectivity index (χ0) is 18.3. The summed E-state index contributed by atoms with van der Waals surface area (Å²) in [5.74, 6) is -0.0566. The molecule has 3 aromatic rings. The lowest BCUT2D eigenvalue weighted by molar-refractivity contribution is 0.554. The summed E-state index contributed by atoms with van der Waals surface area (Å²) in [5, 5.41) is 13.0. The van der Waals surface area contributed by atoms with Crippen molar-refractivity contribution in [2.24, 2.45) is 0 Å². The quantitative estimate of drug-likeness (QED) is 0.699. The van der Waals surface area contributed by atoms with E-state index in [2.05, 4.69) is 20.0 Å². The van der Waals surface area contributed by atoms with Crippen LogP contribution in [-0.4, -0.2) is 45.8 Å². The normalized spacial score (nSPS) is 14.7. The number of hydrogen-bond donors (Lipinski definition) is 0. The van der Waals surface area contributed by atoms with Crippen LogP contribution < -0.4 is 9.80 Å². The molecule has 3 heterocycles. The van der Waals surface area contributed by atoms with Crippen molar-refractivity contribution in [3.05, 3.63) is 47.4 Å². The molecular formula is C17H15F2N7. The van der Waals surface area contributed by atoms with Crippen LogP contribution in [0.15, 0.2) is 24.5 Å². The minimum atomic E-state index is -0.714. The van der Waals surface area contributed by atoms with E-state index in [1.165, 1.54) is 6.33 Å². The molecule has 1 fully saturated rings. The number of rotatable bonds is 2. The number of aryl methyl sites for hydroxylation is 1. The molecule has 132 valence electrons. The molecule has 1 aliphatic rings. The molecule has 0 atom stereocenters. The molecule has 0 spiro atoms. The monoisotopic (exact) mass is 355 g/mol. The highest BCUT2D eigenvalue weighted by molar-refractivity contribution is 5.55. The summed E-state index contributed by atoms with van der Waals surface area (Å²) in [6.45, 7) is 3.90. The van der Waals surface area contributed by atoms with E-state index in [9.17, 15) is 8.78 Å². The standard InChI is InChI=1S/C17H15F2N7/c1-11-6-15(26-17(23-11)21-10-22-26)24-2-4-25(5-3-24)16-13(18)7-12(9-20)8-14(16)19/h6-8,10H,2-5H2,1H3. The highest BCUT2D eigenvalue weighted by Crippen LogP contribution is 2.27. The Bertz CT molecular complexity index is 993. The second-order valence-corrected chi connectivity index (χ2v) is 6.10. The fourth-order valence-electron chi connectivity index (χ4n) is 3.23. The Morgan fingerprint density at radius 1 is 1.04 bits per heavy atom.